The number of halogens is 1. The van der Waals surface area contributed by atoms with Crippen LogP contribution in [0, 0.1) is 5.82 Å². The fraction of sp³-hybridized carbons (Fsp3) is 0.0588. The van der Waals surface area contributed by atoms with E-state index in [1.807, 2.05) is 30.3 Å². The Bertz CT molecular complexity index is 959. The summed E-state index contributed by atoms with van der Waals surface area (Å²) in [6, 6.07) is 12.6. The summed E-state index contributed by atoms with van der Waals surface area (Å²) in [5.74, 6) is 0.403. The number of hydrogen-bond acceptors (Lipinski definition) is 3. The molecule has 4 nitrogen and oxygen atoms in total. The molecule has 0 aliphatic carbocycles. The average Bonchev–Trinajstić information content (AvgIpc) is 2.97. The molecule has 5 heteroatoms. The van der Waals surface area contributed by atoms with Gasteiger partial charge in [0.25, 0.3) is 0 Å². The number of para-hydroxylation sites is 1. The van der Waals surface area contributed by atoms with E-state index < -0.39 is 0 Å². The van der Waals surface area contributed by atoms with Crippen LogP contribution in [0.25, 0.3) is 16.6 Å². The molecule has 4 rings (SSSR count). The summed E-state index contributed by atoms with van der Waals surface area (Å²) >= 11 is 0. The van der Waals surface area contributed by atoms with Crippen molar-refractivity contribution < 1.29 is 9.13 Å². The van der Waals surface area contributed by atoms with Gasteiger partial charge in [-0.05, 0) is 30.3 Å². The molecular formula is C17H12FN3O. The number of aromatic nitrogens is 3. The van der Waals surface area contributed by atoms with Crippen LogP contribution in [0.1, 0.15) is 5.69 Å². The Balaban J connectivity index is 1.67. The SMILES string of the molecule is Fc1cccn2c(COc3ccnc4ccccc34)cnc12. The first-order chi connectivity index (χ1) is 10.8. The number of fused-ring (bicyclic) bond motifs is 2. The number of pyridine rings is 2. The normalized spacial score (nSPS) is 11.1. The Labute approximate surface area is 125 Å². The summed E-state index contributed by atoms with van der Waals surface area (Å²) in [5, 5.41) is 0.949. The molecule has 0 aliphatic rings. The van der Waals surface area contributed by atoms with Gasteiger partial charge in [-0.25, -0.2) is 9.37 Å². The van der Waals surface area contributed by atoms with Crippen LogP contribution < -0.4 is 4.74 Å². The number of imidazole rings is 1. The smallest absolute Gasteiger partial charge is 0.173 e. The van der Waals surface area contributed by atoms with Gasteiger partial charge in [-0.3, -0.25) is 9.38 Å². The lowest BCUT2D eigenvalue weighted by Crippen LogP contribution is -2.00. The van der Waals surface area contributed by atoms with E-state index in [1.54, 1.807) is 29.1 Å². The molecule has 3 aromatic heterocycles. The molecule has 0 saturated heterocycles. The number of ether oxygens (including phenoxy) is 1. The molecule has 0 atom stereocenters. The van der Waals surface area contributed by atoms with Crippen LogP contribution in [-0.2, 0) is 6.61 Å². The third-order valence-corrected chi connectivity index (χ3v) is 3.55. The fourth-order valence-electron chi connectivity index (χ4n) is 2.48. The van der Waals surface area contributed by atoms with Crippen molar-refractivity contribution in [3.8, 4) is 5.75 Å². The Kier molecular flexibility index (Phi) is 2.96. The van der Waals surface area contributed by atoms with Crippen LogP contribution in [0.15, 0.2) is 61.1 Å². The zero-order valence-electron chi connectivity index (χ0n) is 11.6. The van der Waals surface area contributed by atoms with Crippen molar-refractivity contribution in [2.24, 2.45) is 0 Å². The van der Waals surface area contributed by atoms with Gasteiger partial charge in [0.2, 0.25) is 0 Å². The Hall–Kier alpha value is -2.95. The highest BCUT2D eigenvalue weighted by Gasteiger charge is 2.08. The maximum Gasteiger partial charge on any atom is 0.173 e. The molecule has 0 aliphatic heterocycles. The molecule has 1 aromatic carbocycles. The molecule has 0 amide bonds. The predicted octanol–water partition coefficient (Wildman–Crippen LogP) is 3.60. The fourth-order valence-corrected chi connectivity index (χ4v) is 2.48. The first kappa shape index (κ1) is 12.8. The summed E-state index contributed by atoms with van der Waals surface area (Å²) in [6.07, 6.45) is 5.11. The van der Waals surface area contributed by atoms with Gasteiger partial charge in [0.1, 0.15) is 12.4 Å². The average molecular weight is 293 g/mol. The molecule has 0 spiro atoms. The number of nitrogens with zero attached hydrogens (tertiary/aromatic N) is 3. The quantitative estimate of drug-likeness (QED) is 0.579. The van der Waals surface area contributed by atoms with Crippen molar-refractivity contribution in [1.29, 1.82) is 0 Å². The summed E-state index contributed by atoms with van der Waals surface area (Å²) in [7, 11) is 0. The van der Waals surface area contributed by atoms with Crippen molar-refractivity contribution in [2.75, 3.05) is 0 Å². The highest BCUT2D eigenvalue weighted by molar-refractivity contribution is 5.84. The first-order valence-electron chi connectivity index (χ1n) is 6.90. The summed E-state index contributed by atoms with van der Waals surface area (Å²) in [4.78, 5) is 8.39. The van der Waals surface area contributed by atoms with Crippen LogP contribution in [0.4, 0.5) is 4.39 Å². The summed E-state index contributed by atoms with van der Waals surface area (Å²) < 4.78 is 21.2. The minimum atomic E-state index is -0.344. The van der Waals surface area contributed by atoms with Gasteiger partial charge in [0, 0.05) is 17.8 Å². The molecule has 3 heterocycles. The number of hydrogen-bond donors (Lipinski definition) is 0. The van der Waals surface area contributed by atoms with Crippen LogP contribution >= 0.6 is 0 Å². The molecule has 0 saturated carbocycles. The maximum absolute atomic E-state index is 13.6. The first-order valence-corrected chi connectivity index (χ1v) is 6.90. The van der Waals surface area contributed by atoms with Crippen molar-refractivity contribution >= 4 is 16.6 Å². The van der Waals surface area contributed by atoms with Crippen LogP contribution in [0.2, 0.25) is 0 Å². The van der Waals surface area contributed by atoms with E-state index in [0.29, 0.717) is 12.3 Å². The second-order valence-corrected chi connectivity index (χ2v) is 4.91. The number of benzene rings is 1. The van der Waals surface area contributed by atoms with E-state index in [2.05, 4.69) is 9.97 Å². The lowest BCUT2D eigenvalue weighted by molar-refractivity contribution is 0.303. The third-order valence-electron chi connectivity index (χ3n) is 3.55. The standard InChI is InChI=1S/C17H12FN3O/c18-14-5-3-9-21-12(10-20-17(14)21)11-22-16-7-8-19-15-6-2-1-4-13(15)16/h1-10H,11H2. The van der Waals surface area contributed by atoms with Gasteiger partial charge in [-0.15, -0.1) is 0 Å². The molecule has 22 heavy (non-hydrogen) atoms. The van der Waals surface area contributed by atoms with Gasteiger partial charge in [0.05, 0.1) is 17.4 Å². The lowest BCUT2D eigenvalue weighted by atomic mass is 10.2. The second kappa shape index (κ2) is 5.11. The van der Waals surface area contributed by atoms with E-state index in [9.17, 15) is 4.39 Å². The topological polar surface area (TPSA) is 39.4 Å². The lowest BCUT2D eigenvalue weighted by Gasteiger charge is -2.08. The summed E-state index contributed by atoms with van der Waals surface area (Å²) in [5.41, 5.74) is 1.97. The van der Waals surface area contributed by atoms with Crippen molar-refractivity contribution in [1.82, 2.24) is 14.4 Å². The Morgan fingerprint density at radius 3 is 2.91 bits per heavy atom. The minimum absolute atomic E-state index is 0.304. The highest BCUT2D eigenvalue weighted by atomic mass is 19.1. The molecule has 0 fully saturated rings. The predicted molar refractivity (Wildman–Crippen MR) is 81.2 cm³/mol. The molecule has 0 radical (unpaired) electrons. The van der Waals surface area contributed by atoms with Crippen LogP contribution in [-0.4, -0.2) is 14.4 Å². The van der Waals surface area contributed by atoms with Crippen LogP contribution in [0.3, 0.4) is 0 Å². The highest BCUT2D eigenvalue weighted by Crippen LogP contribution is 2.24. The van der Waals surface area contributed by atoms with E-state index in [4.69, 9.17) is 4.74 Å². The number of rotatable bonds is 3. The zero-order valence-corrected chi connectivity index (χ0v) is 11.6. The maximum atomic E-state index is 13.6. The molecule has 4 aromatic rings. The third kappa shape index (κ3) is 2.07. The van der Waals surface area contributed by atoms with Crippen LogP contribution in [0.5, 0.6) is 5.75 Å². The minimum Gasteiger partial charge on any atom is -0.487 e. The monoisotopic (exact) mass is 293 g/mol. The molecule has 0 N–H and O–H groups in total. The van der Waals surface area contributed by atoms with E-state index in [1.165, 1.54) is 6.07 Å². The second-order valence-electron chi connectivity index (χ2n) is 4.91. The van der Waals surface area contributed by atoms with Crippen molar-refractivity contribution in [3.05, 3.63) is 72.6 Å². The molecule has 108 valence electrons. The Morgan fingerprint density at radius 2 is 1.95 bits per heavy atom. The van der Waals surface area contributed by atoms with Crippen molar-refractivity contribution in [3.63, 3.8) is 0 Å². The van der Waals surface area contributed by atoms with Crippen molar-refractivity contribution in [2.45, 2.75) is 6.61 Å². The largest absolute Gasteiger partial charge is 0.487 e. The molecule has 0 bridgehead atoms. The van der Waals surface area contributed by atoms with Gasteiger partial charge in [-0.2, -0.15) is 0 Å². The van der Waals surface area contributed by atoms with E-state index >= 15 is 0 Å². The van der Waals surface area contributed by atoms with E-state index in [-0.39, 0.29) is 5.82 Å². The Morgan fingerprint density at radius 1 is 1.05 bits per heavy atom. The summed E-state index contributed by atoms with van der Waals surface area (Å²) in [6.45, 7) is 0.304. The van der Waals surface area contributed by atoms with Gasteiger partial charge >= 0.3 is 0 Å². The van der Waals surface area contributed by atoms with Gasteiger partial charge in [-0.1, -0.05) is 12.1 Å². The molecule has 0 unspecified atom stereocenters. The van der Waals surface area contributed by atoms with Gasteiger partial charge in [0.15, 0.2) is 11.5 Å². The molecular weight excluding hydrogens is 281 g/mol. The van der Waals surface area contributed by atoms with E-state index in [0.717, 1.165) is 22.3 Å². The van der Waals surface area contributed by atoms with Gasteiger partial charge < -0.3 is 4.74 Å². The zero-order chi connectivity index (χ0) is 14.9.